The van der Waals surface area contributed by atoms with Crippen molar-refractivity contribution < 1.29 is 18.0 Å². The molecule has 3 aromatic rings. The molecule has 7 nitrogen and oxygen atoms in total. The van der Waals surface area contributed by atoms with E-state index in [1.165, 1.54) is 22.9 Å². The zero-order chi connectivity index (χ0) is 20.4. The molecule has 0 N–H and O–H groups in total. The number of hydrogen-bond donors (Lipinski definition) is 0. The van der Waals surface area contributed by atoms with Gasteiger partial charge in [0.05, 0.1) is 12.2 Å². The fourth-order valence-corrected chi connectivity index (χ4v) is 3.23. The summed E-state index contributed by atoms with van der Waals surface area (Å²) in [6.45, 7) is 2.41. The summed E-state index contributed by atoms with van der Waals surface area (Å²) in [4.78, 5) is 16.2. The topological polar surface area (TPSA) is 67.2 Å². The number of carbonyl (C=O) groups excluding carboxylic acids is 1. The molecule has 0 spiro atoms. The van der Waals surface area contributed by atoms with Crippen molar-refractivity contribution in [3.05, 3.63) is 71.3 Å². The fraction of sp³-hybridized carbons (Fsp3) is 0.263. The number of hydrogen-bond acceptors (Lipinski definition) is 5. The van der Waals surface area contributed by atoms with E-state index in [-0.39, 0.29) is 17.3 Å². The summed E-state index contributed by atoms with van der Waals surface area (Å²) in [5, 5.41) is 11.6. The van der Waals surface area contributed by atoms with Crippen molar-refractivity contribution in [3.63, 3.8) is 0 Å². The largest absolute Gasteiger partial charge is 0.336 e. The van der Waals surface area contributed by atoms with Crippen molar-refractivity contribution in [1.82, 2.24) is 30.0 Å². The van der Waals surface area contributed by atoms with E-state index in [1.54, 1.807) is 17.0 Å². The summed E-state index contributed by atoms with van der Waals surface area (Å²) < 4.78 is 41.4. The van der Waals surface area contributed by atoms with E-state index in [9.17, 15) is 18.0 Å². The van der Waals surface area contributed by atoms with Crippen LogP contribution >= 0.6 is 0 Å². The highest BCUT2D eigenvalue weighted by Gasteiger charge is 2.24. The Morgan fingerprint density at radius 1 is 0.966 bits per heavy atom. The smallest absolute Gasteiger partial charge is 0.254 e. The minimum absolute atomic E-state index is 0.118. The highest BCUT2D eigenvalue weighted by molar-refractivity contribution is 5.94. The van der Waals surface area contributed by atoms with Crippen molar-refractivity contribution in [2.24, 2.45) is 0 Å². The summed E-state index contributed by atoms with van der Waals surface area (Å²) >= 11 is 0. The predicted molar refractivity (Wildman–Crippen MR) is 96.7 cm³/mol. The molecule has 10 heteroatoms. The average molecular weight is 402 g/mol. The second-order valence-electron chi connectivity index (χ2n) is 6.68. The van der Waals surface area contributed by atoms with Crippen molar-refractivity contribution in [1.29, 1.82) is 0 Å². The van der Waals surface area contributed by atoms with Crippen LogP contribution in [-0.2, 0) is 6.54 Å². The lowest BCUT2D eigenvalue weighted by Crippen LogP contribution is -2.48. The number of aromatic nitrogens is 4. The highest BCUT2D eigenvalue weighted by atomic mass is 19.2. The van der Waals surface area contributed by atoms with Gasteiger partial charge in [-0.25, -0.2) is 13.2 Å². The Hall–Kier alpha value is -3.27. The maximum Gasteiger partial charge on any atom is 0.254 e. The van der Waals surface area contributed by atoms with Gasteiger partial charge in [-0.15, -0.1) is 5.10 Å². The fourth-order valence-electron chi connectivity index (χ4n) is 3.23. The normalized spacial score (nSPS) is 14.9. The van der Waals surface area contributed by atoms with Gasteiger partial charge in [0.1, 0.15) is 5.82 Å². The first-order valence-electron chi connectivity index (χ1n) is 9.01. The Kier molecular flexibility index (Phi) is 5.26. The lowest BCUT2D eigenvalue weighted by Gasteiger charge is -2.34. The van der Waals surface area contributed by atoms with Crippen LogP contribution in [0.25, 0.3) is 5.69 Å². The second-order valence-corrected chi connectivity index (χ2v) is 6.68. The van der Waals surface area contributed by atoms with Crippen LogP contribution in [0.3, 0.4) is 0 Å². The molecule has 1 amide bonds. The molecule has 1 aliphatic rings. The van der Waals surface area contributed by atoms with Gasteiger partial charge in [-0.3, -0.25) is 9.69 Å². The van der Waals surface area contributed by atoms with Gasteiger partial charge in [0.15, 0.2) is 17.5 Å². The molecule has 1 aromatic heterocycles. The number of tetrazole rings is 1. The molecule has 0 atom stereocenters. The number of piperazine rings is 1. The Bertz CT molecular complexity index is 1030. The van der Waals surface area contributed by atoms with Gasteiger partial charge in [0, 0.05) is 31.7 Å². The molecule has 0 aliphatic carbocycles. The summed E-state index contributed by atoms with van der Waals surface area (Å²) in [5.41, 5.74) is 0.643. The zero-order valence-corrected chi connectivity index (χ0v) is 15.3. The molecule has 0 bridgehead atoms. The first-order chi connectivity index (χ1) is 14.0. The summed E-state index contributed by atoms with van der Waals surface area (Å²) in [7, 11) is 0. The maximum atomic E-state index is 13.5. The standard InChI is InChI=1S/C19H17F3N6O/c20-14-2-1-3-15(11-14)28-18(23-24-25-28)12-26-6-8-27(9-7-26)19(29)13-4-5-16(21)17(22)10-13/h1-5,10-11H,6-9,12H2. The molecule has 0 unspecified atom stereocenters. The third-order valence-corrected chi connectivity index (χ3v) is 4.78. The van der Waals surface area contributed by atoms with Crippen molar-refractivity contribution in [2.75, 3.05) is 26.2 Å². The summed E-state index contributed by atoms with van der Waals surface area (Å²) in [6, 6.07) is 9.12. The van der Waals surface area contributed by atoms with Gasteiger partial charge >= 0.3 is 0 Å². The molecule has 150 valence electrons. The predicted octanol–water partition coefficient (Wildman–Crippen LogP) is 2.04. The van der Waals surface area contributed by atoms with Crippen LogP contribution in [0.2, 0.25) is 0 Å². The van der Waals surface area contributed by atoms with E-state index in [4.69, 9.17) is 0 Å². The van der Waals surface area contributed by atoms with Gasteiger partial charge < -0.3 is 4.90 Å². The summed E-state index contributed by atoms with van der Waals surface area (Å²) in [6.07, 6.45) is 0. The van der Waals surface area contributed by atoms with Crippen molar-refractivity contribution >= 4 is 5.91 Å². The highest BCUT2D eigenvalue weighted by Crippen LogP contribution is 2.15. The van der Waals surface area contributed by atoms with E-state index in [0.29, 0.717) is 44.2 Å². The molecule has 0 saturated carbocycles. The number of rotatable bonds is 4. The number of benzene rings is 2. The molecule has 1 fully saturated rings. The van der Waals surface area contributed by atoms with Crippen LogP contribution in [0.5, 0.6) is 0 Å². The molecule has 4 rings (SSSR count). The monoisotopic (exact) mass is 402 g/mol. The third-order valence-electron chi connectivity index (χ3n) is 4.78. The van der Waals surface area contributed by atoms with Crippen LogP contribution in [-0.4, -0.2) is 62.1 Å². The van der Waals surface area contributed by atoms with Gasteiger partial charge in [0.25, 0.3) is 5.91 Å². The van der Waals surface area contributed by atoms with Gasteiger partial charge in [-0.05, 0) is 46.8 Å². The third kappa shape index (κ3) is 4.11. The van der Waals surface area contributed by atoms with Crippen LogP contribution in [0.4, 0.5) is 13.2 Å². The molecular formula is C19H17F3N6O. The van der Waals surface area contributed by atoms with E-state index < -0.39 is 11.6 Å². The van der Waals surface area contributed by atoms with Crippen LogP contribution in [0.1, 0.15) is 16.2 Å². The lowest BCUT2D eigenvalue weighted by atomic mass is 10.1. The molecule has 29 heavy (non-hydrogen) atoms. The van der Waals surface area contributed by atoms with E-state index >= 15 is 0 Å². The van der Waals surface area contributed by atoms with Gasteiger partial charge in [0.2, 0.25) is 0 Å². The first-order valence-corrected chi connectivity index (χ1v) is 9.01. The zero-order valence-electron chi connectivity index (χ0n) is 15.3. The first kappa shape index (κ1) is 19.1. The Balaban J connectivity index is 1.39. The SMILES string of the molecule is O=C(c1ccc(F)c(F)c1)N1CCN(Cc2nnnn2-c2cccc(F)c2)CC1. The van der Waals surface area contributed by atoms with Crippen molar-refractivity contribution in [2.45, 2.75) is 6.54 Å². The van der Waals surface area contributed by atoms with E-state index in [1.807, 2.05) is 0 Å². The summed E-state index contributed by atoms with van der Waals surface area (Å²) in [5.74, 6) is -2.20. The maximum absolute atomic E-state index is 13.5. The quantitative estimate of drug-likeness (QED) is 0.668. The number of nitrogens with zero attached hydrogens (tertiary/aromatic N) is 6. The Morgan fingerprint density at radius 2 is 1.76 bits per heavy atom. The minimum atomic E-state index is -1.04. The van der Waals surface area contributed by atoms with E-state index in [2.05, 4.69) is 20.4 Å². The minimum Gasteiger partial charge on any atom is -0.336 e. The number of amides is 1. The lowest BCUT2D eigenvalue weighted by molar-refractivity contribution is 0.0624. The Morgan fingerprint density at radius 3 is 2.48 bits per heavy atom. The molecule has 1 saturated heterocycles. The molecule has 2 aromatic carbocycles. The second kappa shape index (κ2) is 8.00. The molecule has 2 heterocycles. The van der Waals surface area contributed by atoms with Gasteiger partial charge in [-0.1, -0.05) is 6.07 Å². The average Bonchev–Trinajstić information content (AvgIpc) is 3.18. The molecular weight excluding hydrogens is 385 g/mol. The Labute approximate surface area is 164 Å². The van der Waals surface area contributed by atoms with Gasteiger partial charge in [-0.2, -0.15) is 4.68 Å². The van der Waals surface area contributed by atoms with Crippen LogP contribution < -0.4 is 0 Å². The molecule has 0 radical (unpaired) electrons. The number of carbonyl (C=O) groups is 1. The number of halogens is 3. The van der Waals surface area contributed by atoms with Crippen LogP contribution in [0.15, 0.2) is 42.5 Å². The van der Waals surface area contributed by atoms with Crippen LogP contribution in [0, 0.1) is 17.5 Å². The molecule has 1 aliphatic heterocycles. The van der Waals surface area contributed by atoms with E-state index in [0.717, 1.165) is 12.1 Å². The van der Waals surface area contributed by atoms with Crippen molar-refractivity contribution in [3.8, 4) is 5.69 Å².